The van der Waals surface area contributed by atoms with Crippen molar-refractivity contribution >= 4 is 23.5 Å². The van der Waals surface area contributed by atoms with Crippen molar-refractivity contribution in [3.05, 3.63) is 42.0 Å². The van der Waals surface area contributed by atoms with Gasteiger partial charge in [-0.2, -0.15) is 0 Å². The van der Waals surface area contributed by atoms with Crippen LogP contribution < -0.4 is 11.1 Å². The van der Waals surface area contributed by atoms with Crippen LogP contribution in [0.1, 0.15) is 36.5 Å². The molecule has 2 amide bonds. The number of esters is 1. The van der Waals surface area contributed by atoms with Crippen molar-refractivity contribution in [2.45, 2.75) is 32.3 Å². The first kappa shape index (κ1) is 16.7. The SMILES string of the molecule is CC(OC(=O)CC1C=CCC1)C(=O)Nc1ccc(C(N)=O)cc1. The number of allylic oxidation sites excluding steroid dienone is 2. The predicted octanol–water partition coefficient (Wildman–Crippen LogP) is 2.01. The molecule has 2 rings (SSSR count). The van der Waals surface area contributed by atoms with Gasteiger partial charge in [-0.05, 0) is 49.9 Å². The summed E-state index contributed by atoms with van der Waals surface area (Å²) in [7, 11) is 0. The van der Waals surface area contributed by atoms with Crippen LogP contribution in [0.4, 0.5) is 5.69 Å². The van der Waals surface area contributed by atoms with Crippen LogP contribution in [0.2, 0.25) is 0 Å². The fourth-order valence-electron chi connectivity index (χ4n) is 2.34. The summed E-state index contributed by atoms with van der Waals surface area (Å²) in [6.45, 7) is 1.52. The number of hydrogen-bond donors (Lipinski definition) is 2. The van der Waals surface area contributed by atoms with Gasteiger partial charge in [-0.1, -0.05) is 12.2 Å². The molecule has 2 unspecified atom stereocenters. The highest BCUT2D eigenvalue weighted by atomic mass is 16.5. The molecule has 0 bridgehead atoms. The summed E-state index contributed by atoms with van der Waals surface area (Å²) in [6.07, 6.45) is 5.39. The zero-order valence-electron chi connectivity index (χ0n) is 13.0. The minimum atomic E-state index is -0.885. The van der Waals surface area contributed by atoms with E-state index in [2.05, 4.69) is 5.32 Å². The van der Waals surface area contributed by atoms with E-state index in [1.165, 1.54) is 19.1 Å². The Morgan fingerprint density at radius 2 is 2.00 bits per heavy atom. The molecule has 0 aromatic heterocycles. The molecule has 6 nitrogen and oxygen atoms in total. The lowest BCUT2D eigenvalue weighted by Gasteiger charge is -2.15. The van der Waals surface area contributed by atoms with Gasteiger partial charge < -0.3 is 15.8 Å². The van der Waals surface area contributed by atoms with Crippen LogP contribution >= 0.6 is 0 Å². The Hall–Kier alpha value is -2.63. The van der Waals surface area contributed by atoms with E-state index < -0.39 is 17.9 Å². The van der Waals surface area contributed by atoms with E-state index in [0.717, 1.165) is 12.8 Å². The molecule has 0 radical (unpaired) electrons. The zero-order chi connectivity index (χ0) is 16.8. The number of amides is 2. The smallest absolute Gasteiger partial charge is 0.307 e. The molecule has 0 spiro atoms. The third-order valence-electron chi connectivity index (χ3n) is 3.66. The number of anilines is 1. The van der Waals surface area contributed by atoms with Crippen LogP contribution in [0.5, 0.6) is 0 Å². The molecular weight excluding hydrogens is 296 g/mol. The predicted molar refractivity (Wildman–Crippen MR) is 85.6 cm³/mol. The van der Waals surface area contributed by atoms with Crippen molar-refractivity contribution in [1.29, 1.82) is 0 Å². The topological polar surface area (TPSA) is 98.5 Å². The van der Waals surface area contributed by atoms with Crippen molar-refractivity contribution in [3.63, 3.8) is 0 Å². The zero-order valence-corrected chi connectivity index (χ0v) is 13.0. The average Bonchev–Trinajstić information content (AvgIpc) is 3.00. The molecule has 1 aromatic carbocycles. The summed E-state index contributed by atoms with van der Waals surface area (Å²) in [6, 6.07) is 6.16. The standard InChI is InChI=1S/C17H20N2O4/c1-11(23-15(20)10-12-4-2-3-5-12)17(22)19-14-8-6-13(7-9-14)16(18)21/h2,4,6-9,11-12H,3,5,10H2,1H3,(H2,18,21)(H,19,22). The highest BCUT2D eigenvalue weighted by Gasteiger charge is 2.21. The summed E-state index contributed by atoms with van der Waals surface area (Å²) >= 11 is 0. The quantitative estimate of drug-likeness (QED) is 0.619. The number of hydrogen-bond acceptors (Lipinski definition) is 4. The first-order valence-electron chi connectivity index (χ1n) is 7.52. The Morgan fingerprint density at radius 1 is 1.30 bits per heavy atom. The van der Waals surface area contributed by atoms with Crippen molar-refractivity contribution in [1.82, 2.24) is 0 Å². The van der Waals surface area contributed by atoms with Gasteiger partial charge in [0.25, 0.3) is 5.91 Å². The van der Waals surface area contributed by atoms with Crippen molar-refractivity contribution in [3.8, 4) is 0 Å². The van der Waals surface area contributed by atoms with Crippen molar-refractivity contribution < 1.29 is 19.1 Å². The molecule has 0 heterocycles. The number of benzene rings is 1. The lowest BCUT2D eigenvalue weighted by Crippen LogP contribution is -2.30. The van der Waals surface area contributed by atoms with E-state index in [1.54, 1.807) is 12.1 Å². The average molecular weight is 316 g/mol. The summed E-state index contributed by atoms with van der Waals surface area (Å²) in [4.78, 5) is 34.8. The largest absolute Gasteiger partial charge is 0.453 e. The van der Waals surface area contributed by atoms with Gasteiger partial charge in [0.15, 0.2) is 6.10 Å². The fraction of sp³-hybridized carbons (Fsp3) is 0.353. The first-order valence-corrected chi connectivity index (χ1v) is 7.52. The molecule has 0 fully saturated rings. The number of nitrogens with two attached hydrogens (primary N) is 1. The third-order valence-corrected chi connectivity index (χ3v) is 3.66. The van der Waals surface area contributed by atoms with Gasteiger partial charge in [-0.3, -0.25) is 14.4 Å². The van der Waals surface area contributed by atoms with E-state index in [1.807, 2.05) is 12.2 Å². The second-order valence-corrected chi connectivity index (χ2v) is 5.53. The number of rotatable bonds is 6. The number of carbonyl (C=O) groups is 3. The van der Waals surface area contributed by atoms with Crippen LogP contribution in [-0.4, -0.2) is 23.9 Å². The summed E-state index contributed by atoms with van der Waals surface area (Å²) in [5.41, 5.74) is 6.00. The molecule has 1 aliphatic rings. The Kier molecular flexibility index (Phi) is 5.51. The Bertz CT molecular complexity index is 622. The fourth-order valence-corrected chi connectivity index (χ4v) is 2.34. The Labute approximate surface area is 134 Å². The monoisotopic (exact) mass is 316 g/mol. The molecule has 23 heavy (non-hydrogen) atoms. The van der Waals surface area contributed by atoms with Gasteiger partial charge >= 0.3 is 5.97 Å². The van der Waals surface area contributed by atoms with Crippen LogP contribution in [0.15, 0.2) is 36.4 Å². The van der Waals surface area contributed by atoms with E-state index in [-0.39, 0.29) is 11.9 Å². The summed E-state index contributed by atoms with van der Waals surface area (Å²) in [5.74, 6) is -1.13. The van der Waals surface area contributed by atoms with Gasteiger partial charge in [-0.15, -0.1) is 0 Å². The Balaban J connectivity index is 1.83. The van der Waals surface area contributed by atoms with Crippen molar-refractivity contribution in [2.75, 3.05) is 5.32 Å². The minimum Gasteiger partial charge on any atom is -0.453 e. The third kappa shape index (κ3) is 4.95. The molecule has 1 aliphatic carbocycles. The van der Waals surface area contributed by atoms with E-state index in [0.29, 0.717) is 17.7 Å². The molecular formula is C17H20N2O4. The summed E-state index contributed by atoms with van der Waals surface area (Å²) in [5, 5.41) is 2.62. The van der Waals surface area contributed by atoms with Crippen LogP contribution in [0.25, 0.3) is 0 Å². The van der Waals surface area contributed by atoms with Gasteiger partial charge in [-0.25, -0.2) is 0 Å². The molecule has 3 N–H and O–H groups in total. The van der Waals surface area contributed by atoms with Gasteiger partial charge in [0, 0.05) is 11.3 Å². The lowest BCUT2D eigenvalue weighted by atomic mass is 10.1. The number of nitrogens with one attached hydrogen (secondary N) is 1. The van der Waals surface area contributed by atoms with Gasteiger partial charge in [0.05, 0.1) is 6.42 Å². The van der Waals surface area contributed by atoms with Crippen LogP contribution in [0.3, 0.4) is 0 Å². The number of ether oxygens (including phenoxy) is 1. The lowest BCUT2D eigenvalue weighted by molar-refractivity contribution is -0.153. The highest BCUT2D eigenvalue weighted by molar-refractivity contribution is 5.96. The second-order valence-electron chi connectivity index (χ2n) is 5.53. The molecule has 6 heteroatoms. The van der Waals surface area contributed by atoms with Crippen LogP contribution in [-0.2, 0) is 14.3 Å². The molecule has 0 aliphatic heterocycles. The molecule has 2 atom stereocenters. The number of carbonyl (C=O) groups excluding carboxylic acids is 3. The van der Waals surface area contributed by atoms with E-state index in [4.69, 9.17) is 10.5 Å². The second kappa shape index (κ2) is 7.58. The molecule has 122 valence electrons. The van der Waals surface area contributed by atoms with Gasteiger partial charge in [0.1, 0.15) is 0 Å². The molecule has 0 saturated heterocycles. The normalized spacial score (nSPS) is 17.5. The van der Waals surface area contributed by atoms with E-state index in [9.17, 15) is 14.4 Å². The maximum atomic E-state index is 12.0. The highest BCUT2D eigenvalue weighted by Crippen LogP contribution is 2.21. The molecule has 1 aromatic rings. The maximum Gasteiger partial charge on any atom is 0.307 e. The van der Waals surface area contributed by atoms with Crippen molar-refractivity contribution in [2.24, 2.45) is 11.7 Å². The van der Waals surface area contributed by atoms with E-state index >= 15 is 0 Å². The first-order chi connectivity index (χ1) is 11.0. The van der Waals surface area contributed by atoms with Gasteiger partial charge in [0.2, 0.25) is 5.91 Å². The Morgan fingerprint density at radius 3 is 2.57 bits per heavy atom. The molecule has 0 saturated carbocycles. The summed E-state index contributed by atoms with van der Waals surface area (Å²) < 4.78 is 5.15. The van der Waals surface area contributed by atoms with Crippen LogP contribution in [0, 0.1) is 5.92 Å². The maximum absolute atomic E-state index is 12.0. The number of primary amides is 1. The minimum absolute atomic E-state index is 0.208.